The smallest absolute Gasteiger partial charge is 0.0672 e. The van der Waals surface area contributed by atoms with Gasteiger partial charge in [-0.15, -0.1) is 0 Å². The molecule has 0 radical (unpaired) electrons. The second kappa shape index (κ2) is 3.53. The molecule has 2 heterocycles. The Morgan fingerprint density at radius 3 is 2.71 bits per heavy atom. The van der Waals surface area contributed by atoms with Crippen LogP contribution in [0.2, 0.25) is 0 Å². The van der Waals surface area contributed by atoms with Gasteiger partial charge in [0.2, 0.25) is 0 Å². The minimum Gasteiger partial charge on any atom is -0.275 e. The Bertz CT molecular complexity index is 462. The Balaban J connectivity index is 2.54. The van der Waals surface area contributed by atoms with Crippen LogP contribution in [0.1, 0.15) is 5.69 Å². The van der Waals surface area contributed by atoms with Crippen molar-refractivity contribution in [2.45, 2.75) is 6.92 Å². The van der Waals surface area contributed by atoms with Crippen LogP contribution in [0.15, 0.2) is 29.1 Å². The van der Waals surface area contributed by atoms with Gasteiger partial charge in [0.25, 0.3) is 0 Å². The molecule has 72 valence electrons. The van der Waals surface area contributed by atoms with E-state index < -0.39 is 0 Å². The van der Waals surface area contributed by atoms with Crippen LogP contribution in [-0.4, -0.2) is 14.8 Å². The van der Waals surface area contributed by atoms with Crippen molar-refractivity contribution in [3.8, 4) is 11.1 Å². The van der Waals surface area contributed by atoms with Gasteiger partial charge in [-0.25, -0.2) is 0 Å². The summed E-state index contributed by atoms with van der Waals surface area (Å²) in [4.78, 5) is 4.13. The average Bonchev–Trinajstić information content (AvgIpc) is 2.45. The summed E-state index contributed by atoms with van der Waals surface area (Å²) in [6.07, 6.45) is 5.61. The first-order valence-corrected chi connectivity index (χ1v) is 5.07. The van der Waals surface area contributed by atoms with E-state index in [1.807, 2.05) is 37.1 Å². The first kappa shape index (κ1) is 9.40. The lowest BCUT2D eigenvalue weighted by Crippen LogP contribution is -1.86. The molecule has 0 spiro atoms. The SMILES string of the molecule is Cc1nn(C)cc1-c1cncc(Br)c1. The molecule has 14 heavy (non-hydrogen) atoms. The number of nitrogens with zero attached hydrogens (tertiary/aromatic N) is 3. The predicted octanol–water partition coefficient (Wildman–Crippen LogP) is 2.55. The Hall–Kier alpha value is -1.16. The van der Waals surface area contributed by atoms with Crippen LogP contribution in [0, 0.1) is 6.92 Å². The lowest BCUT2D eigenvalue weighted by atomic mass is 10.1. The molecule has 2 aromatic rings. The summed E-state index contributed by atoms with van der Waals surface area (Å²) in [6.45, 7) is 2.00. The first-order chi connectivity index (χ1) is 6.66. The molecule has 3 nitrogen and oxygen atoms in total. The van der Waals surface area contributed by atoms with Crippen LogP contribution in [0.5, 0.6) is 0 Å². The molecule has 0 aliphatic rings. The third kappa shape index (κ3) is 1.70. The molecule has 0 aliphatic heterocycles. The van der Waals surface area contributed by atoms with E-state index in [1.165, 1.54) is 0 Å². The minimum atomic E-state index is 0.984. The maximum Gasteiger partial charge on any atom is 0.0672 e. The molecule has 0 fully saturated rings. The van der Waals surface area contributed by atoms with E-state index in [9.17, 15) is 0 Å². The van der Waals surface area contributed by atoms with Gasteiger partial charge in [0, 0.05) is 41.2 Å². The van der Waals surface area contributed by atoms with Crippen LogP contribution in [0.4, 0.5) is 0 Å². The summed E-state index contributed by atoms with van der Waals surface area (Å²) in [6, 6.07) is 2.04. The molecule has 0 saturated heterocycles. The maximum atomic E-state index is 4.29. The first-order valence-electron chi connectivity index (χ1n) is 4.28. The number of hydrogen-bond donors (Lipinski definition) is 0. The van der Waals surface area contributed by atoms with Crippen molar-refractivity contribution in [3.05, 3.63) is 34.8 Å². The van der Waals surface area contributed by atoms with Gasteiger partial charge < -0.3 is 0 Å². The van der Waals surface area contributed by atoms with E-state index in [0.29, 0.717) is 0 Å². The second-order valence-electron chi connectivity index (χ2n) is 3.19. The number of hydrogen-bond acceptors (Lipinski definition) is 2. The molecule has 0 aromatic carbocycles. The zero-order chi connectivity index (χ0) is 10.1. The Morgan fingerprint density at radius 1 is 1.36 bits per heavy atom. The Morgan fingerprint density at radius 2 is 2.14 bits per heavy atom. The van der Waals surface area contributed by atoms with Gasteiger partial charge in [-0.2, -0.15) is 5.10 Å². The highest BCUT2D eigenvalue weighted by Crippen LogP contribution is 2.23. The summed E-state index contributed by atoms with van der Waals surface area (Å²) in [7, 11) is 1.92. The van der Waals surface area contributed by atoms with Gasteiger partial charge in [-0.1, -0.05) is 0 Å². The Kier molecular flexibility index (Phi) is 2.37. The van der Waals surface area contributed by atoms with Crippen molar-refractivity contribution in [2.24, 2.45) is 7.05 Å². The van der Waals surface area contributed by atoms with Crippen molar-refractivity contribution in [1.82, 2.24) is 14.8 Å². The number of rotatable bonds is 1. The van der Waals surface area contributed by atoms with Gasteiger partial charge in [-0.3, -0.25) is 9.67 Å². The molecule has 0 aliphatic carbocycles. The highest BCUT2D eigenvalue weighted by molar-refractivity contribution is 9.10. The molecular formula is C10H10BrN3. The molecule has 2 aromatic heterocycles. The molecule has 0 amide bonds. The fraction of sp³-hybridized carbons (Fsp3) is 0.200. The summed E-state index contributed by atoms with van der Waals surface area (Å²) in [5, 5.41) is 4.29. The molecule has 0 saturated carbocycles. The van der Waals surface area contributed by atoms with E-state index in [2.05, 4.69) is 26.0 Å². The molecule has 0 bridgehead atoms. The molecular weight excluding hydrogens is 242 g/mol. The van der Waals surface area contributed by atoms with E-state index in [4.69, 9.17) is 0 Å². The lowest BCUT2D eigenvalue weighted by molar-refractivity contribution is 0.756. The summed E-state index contributed by atoms with van der Waals surface area (Å²) in [5.74, 6) is 0. The molecule has 2 rings (SSSR count). The van der Waals surface area contributed by atoms with E-state index in [-0.39, 0.29) is 0 Å². The zero-order valence-corrected chi connectivity index (χ0v) is 9.62. The van der Waals surface area contributed by atoms with E-state index in [1.54, 1.807) is 6.20 Å². The van der Waals surface area contributed by atoms with Crippen LogP contribution >= 0.6 is 15.9 Å². The highest BCUT2D eigenvalue weighted by atomic mass is 79.9. The van der Waals surface area contributed by atoms with Crippen LogP contribution < -0.4 is 0 Å². The van der Waals surface area contributed by atoms with Crippen molar-refractivity contribution in [1.29, 1.82) is 0 Å². The molecule has 0 atom stereocenters. The van der Waals surface area contributed by atoms with Gasteiger partial charge in [0.05, 0.1) is 5.69 Å². The van der Waals surface area contributed by atoms with E-state index >= 15 is 0 Å². The van der Waals surface area contributed by atoms with Crippen LogP contribution in [0.25, 0.3) is 11.1 Å². The van der Waals surface area contributed by atoms with Crippen molar-refractivity contribution >= 4 is 15.9 Å². The van der Waals surface area contributed by atoms with Crippen LogP contribution in [-0.2, 0) is 7.05 Å². The Labute approximate surface area is 90.9 Å². The summed E-state index contributed by atoms with van der Waals surface area (Å²) < 4.78 is 2.80. The number of pyridine rings is 1. The van der Waals surface area contributed by atoms with Crippen molar-refractivity contribution in [3.63, 3.8) is 0 Å². The standard InChI is InChI=1S/C10H10BrN3/c1-7-10(6-14(2)13-7)8-3-9(11)5-12-4-8/h3-6H,1-2H3. The van der Waals surface area contributed by atoms with Gasteiger partial charge >= 0.3 is 0 Å². The largest absolute Gasteiger partial charge is 0.275 e. The molecule has 0 unspecified atom stereocenters. The minimum absolute atomic E-state index is 0.984. The third-order valence-corrected chi connectivity index (χ3v) is 2.46. The summed E-state index contributed by atoms with van der Waals surface area (Å²) >= 11 is 3.40. The normalized spacial score (nSPS) is 10.5. The fourth-order valence-corrected chi connectivity index (χ4v) is 1.81. The third-order valence-electron chi connectivity index (χ3n) is 2.03. The zero-order valence-electron chi connectivity index (χ0n) is 8.03. The van der Waals surface area contributed by atoms with Gasteiger partial charge in [-0.05, 0) is 28.9 Å². The lowest BCUT2D eigenvalue weighted by Gasteiger charge is -1.98. The van der Waals surface area contributed by atoms with Crippen molar-refractivity contribution in [2.75, 3.05) is 0 Å². The van der Waals surface area contributed by atoms with Crippen molar-refractivity contribution < 1.29 is 0 Å². The quantitative estimate of drug-likeness (QED) is 0.780. The highest BCUT2D eigenvalue weighted by Gasteiger charge is 2.05. The number of aryl methyl sites for hydroxylation is 2. The summed E-state index contributed by atoms with van der Waals surface area (Å²) in [5.41, 5.74) is 3.23. The second-order valence-corrected chi connectivity index (χ2v) is 4.11. The predicted molar refractivity (Wildman–Crippen MR) is 58.9 cm³/mol. The number of aromatic nitrogens is 3. The van der Waals surface area contributed by atoms with Gasteiger partial charge in [0.15, 0.2) is 0 Å². The van der Waals surface area contributed by atoms with Crippen LogP contribution in [0.3, 0.4) is 0 Å². The number of halogens is 1. The molecule has 4 heteroatoms. The topological polar surface area (TPSA) is 30.7 Å². The maximum absolute atomic E-state index is 4.29. The average molecular weight is 252 g/mol. The molecule has 0 N–H and O–H groups in total. The fourth-order valence-electron chi connectivity index (χ4n) is 1.44. The monoisotopic (exact) mass is 251 g/mol. The van der Waals surface area contributed by atoms with Gasteiger partial charge in [0.1, 0.15) is 0 Å². The van der Waals surface area contributed by atoms with E-state index in [0.717, 1.165) is 21.3 Å².